The predicted octanol–water partition coefficient (Wildman–Crippen LogP) is 3.64. The molecule has 136 valence electrons. The summed E-state index contributed by atoms with van der Waals surface area (Å²) in [5.74, 6) is 1.44. The Morgan fingerprint density at radius 1 is 1.24 bits per heavy atom. The minimum absolute atomic E-state index is 0.0247. The number of amides is 1. The van der Waals surface area contributed by atoms with Crippen molar-refractivity contribution in [1.29, 1.82) is 0 Å². The molecule has 1 amide bonds. The molecular formula is C19H26N2O3S. The number of methoxy groups -OCH3 is 2. The summed E-state index contributed by atoms with van der Waals surface area (Å²) < 4.78 is 10.7. The van der Waals surface area contributed by atoms with Crippen molar-refractivity contribution in [3.8, 4) is 11.5 Å². The zero-order chi connectivity index (χ0) is 18.4. The number of carbonyl (C=O) groups is 1. The Balaban J connectivity index is 2.00. The molecule has 5 nitrogen and oxygen atoms in total. The van der Waals surface area contributed by atoms with Gasteiger partial charge >= 0.3 is 0 Å². The second-order valence-corrected chi connectivity index (χ2v) is 6.98. The van der Waals surface area contributed by atoms with Gasteiger partial charge in [-0.15, -0.1) is 11.3 Å². The SMILES string of the molecule is COc1ccc(OC)c([C@@H](C)NC(=O)CN(C)[C@@H](C)c2cccs2)c1. The Bertz CT molecular complexity index is 688. The van der Waals surface area contributed by atoms with Crippen molar-refractivity contribution in [1.82, 2.24) is 10.2 Å². The third-order valence-electron chi connectivity index (χ3n) is 4.29. The monoisotopic (exact) mass is 362 g/mol. The van der Waals surface area contributed by atoms with Crippen molar-refractivity contribution in [2.75, 3.05) is 27.8 Å². The van der Waals surface area contributed by atoms with Gasteiger partial charge in [0.15, 0.2) is 0 Å². The third-order valence-corrected chi connectivity index (χ3v) is 5.33. The van der Waals surface area contributed by atoms with E-state index in [-0.39, 0.29) is 18.0 Å². The number of rotatable bonds is 8. The van der Waals surface area contributed by atoms with E-state index >= 15 is 0 Å². The first kappa shape index (κ1) is 19.3. The second-order valence-electron chi connectivity index (χ2n) is 6.00. The van der Waals surface area contributed by atoms with Crippen LogP contribution in [0.3, 0.4) is 0 Å². The smallest absolute Gasteiger partial charge is 0.234 e. The highest BCUT2D eigenvalue weighted by Gasteiger charge is 2.19. The van der Waals surface area contributed by atoms with Gasteiger partial charge in [0.1, 0.15) is 11.5 Å². The minimum Gasteiger partial charge on any atom is -0.497 e. The molecule has 1 aromatic heterocycles. The molecule has 0 aliphatic rings. The molecule has 1 heterocycles. The molecule has 25 heavy (non-hydrogen) atoms. The van der Waals surface area contributed by atoms with Gasteiger partial charge in [0.25, 0.3) is 0 Å². The van der Waals surface area contributed by atoms with Crippen LogP contribution in [0.2, 0.25) is 0 Å². The van der Waals surface area contributed by atoms with Crippen LogP contribution in [-0.2, 0) is 4.79 Å². The molecule has 0 unspecified atom stereocenters. The van der Waals surface area contributed by atoms with Crippen LogP contribution in [0.1, 0.15) is 36.4 Å². The molecule has 1 aromatic carbocycles. The maximum atomic E-state index is 12.4. The second kappa shape index (κ2) is 8.87. The summed E-state index contributed by atoms with van der Waals surface area (Å²) in [7, 11) is 5.20. The lowest BCUT2D eigenvalue weighted by molar-refractivity contribution is -0.123. The topological polar surface area (TPSA) is 50.8 Å². The Kier molecular flexibility index (Phi) is 6.84. The maximum absolute atomic E-state index is 12.4. The summed E-state index contributed by atoms with van der Waals surface area (Å²) in [6, 6.07) is 9.72. The largest absolute Gasteiger partial charge is 0.497 e. The lowest BCUT2D eigenvalue weighted by Gasteiger charge is -2.24. The highest BCUT2D eigenvalue weighted by Crippen LogP contribution is 2.29. The number of carbonyl (C=O) groups excluding carboxylic acids is 1. The highest BCUT2D eigenvalue weighted by atomic mass is 32.1. The Morgan fingerprint density at radius 3 is 2.60 bits per heavy atom. The van der Waals surface area contributed by atoms with Gasteiger partial charge in [-0.25, -0.2) is 0 Å². The average Bonchev–Trinajstić information content (AvgIpc) is 3.14. The fourth-order valence-corrected chi connectivity index (χ4v) is 3.50. The molecule has 0 saturated heterocycles. The van der Waals surface area contributed by atoms with Gasteiger partial charge in [-0.2, -0.15) is 0 Å². The molecule has 2 rings (SSSR count). The standard InChI is InChI=1S/C19H26N2O3S/c1-13(16-11-15(23-4)8-9-17(16)24-5)20-19(22)12-21(3)14(2)18-7-6-10-25-18/h6-11,13-14H,12H2,1-5H3,(H,20,22)/t13-,14+/m1/s1. The van der Waals surface area contributed by atoms with E-state index in [1.165, 1.54) is 4.88 Å². The number of hydrogen-bond donors (Lipinski definition) is 1. The lowest BCUT2D eigenvalue weighted by atomic mass is 10.1. The number of nitrogens with zero attached hydrogens (tertiary/aromatic N) is 1. The van der Waals surface area contributed by atoms with Crippen molar-refractivity contribution >= 4 is 17.2 Å². The zero-order valence-electron chi connectivity index (χ0n) is 15.4. The van der Waals surface area contributed by atoms with Crippen LogP contribution in [0.25, 0.3) is 0 Å². The van der Waals surface area contributed by atoms with Gasteiger partial charge in [-0.1, -0.05) is 6.07 Å². The highest BCUT2D eigenvalue weighted by molar-refractivity contribution is 7.10. The van der Waals surface area contributed by atoms with Crippen LogP contribution in [-0.4, -0.2) is 38.6 Å². The number of hydrogen-bond acceptors (Lipinski definition) is 5. The first-order valence-corrected chi connectivity index (χ1v) is 9.09. The maximum Gasteiger partial charge on any atom is 0.234 e. The van der Waals surface area contributed by atoms with Gasteiger partial charge in [-0.3, -0.25) is 9.69 Å². The normalized spacial score (nSPS) is 13.4. The molecule has 6 heteroatoms. The minimum atomic E-state index is -0.178. The average molecular weight is 362 g/mol. The molecule has 0 radical (unpaired) electrons. The fraction of sp³-hybridized carbons (Fsp3) is 0.421. The summed E-state index contributed by atoms with van der Waals surface area (Å²) in [6.45, 7) is 4.38. The number of ether oxygens (including phenoxy) is 2. The van der Waals surface area contributed by atoms with Crippen molar-refractivity contribution in [3.05, 3.63) is 46.2 Å². The van der Waals surface area contributed by atoms with Crippen molar-refractivity contribution in [3.63, 3.8) is 0 Å². The Labute approximate surface area is 153 Å². The van der Waals surface area contributed by atoms with E-state index in [4.69, 9.17) is 9.47 Å². The Morgan fingerprint density at radius 2 is 2.00 bits per heavy atom. The molecule has 0 aliphatic heterocycles. The number of thiophene rings is 1. The fourth-order valence-electron chi connectivity index (χ4n) is 2.65. The van der Waals surface area contributed by atoms with Gasteiger partial charge in [0.2, 0.25) is 5.91 Å². The van der Waals surface area contributed by atoms with E-state index in [1.807, 2.05) is 43.1 Å². The predicted molar refractivity (Wildman–Crippen MR) is 101 cm³/mol. The first-order valence-electron chi connectivity index (χ1n) is 8.21. The summed E-state index contributed by atoms with van der Waals surface area (Å²) in [4.78, 5) is 15.7. The molecule has 1 N–H and O–H groups in total. The van der Waals surface area contributed by atoms with Crippen molar-refractivity contribution in [2.45, 2.75) is 25.9 Å². The van der Waals surface area contributed by atoms with Gasteiger partial charge in [0, 0.05) is 16.5 Å². The molecule has 0 aliphatic carbocycles. The van der Waals surface area contributed by atoms with Crippen LogP contribution in [0, 0.1) is 0 Å². The molecule has 0 spiro atoms. The van der Waals surface area contributed by atoms with Crippen molar-refractivity contribution < 1.29 is 14.3 Å². The van der Waals surface area contributed by atoms with Crippen LogP contribution < -0.4 is 14.8 Å². The summed E-state index contributed by atoms with van der Waals surface area (Å²) >= 11 is 1.70. The molecule has 0 saturated carbocycles. The van der Waals surface area contributed by atoms with Crippen LogP contribution in [0.4, 0.5) is 0 Å². The zero-order valence-corrected chi connectivity index (χ0v) is 16.2. The molecular weight excluding hydrogens is 336 g/mol. The molecule has 0 bridgehead atoms. The summed E-state index contributed by atoms with van der Waals surface area (Å²) in [6.07, 6.45) is 0. The summed E-state index contributed by atoms with van der Waals surface area (Å²) in [5.41, 5.74) is 0.893. The third kappa shape index (κ3) is 4.96. The van der Waals surface area contributed by atoms with Crippen LogP contribution in [0.15, 0.2) is 35.7 Å². The van der Waals surface area contributed by atoms with Crippen LogP contribution in [0.5, 0.6) is 11.5 Å². The molecule has 0 fully saturated rings. The quantitative estimate of drug-likeness (QED) is 0.779. The van der Waals surface area contributed by atoms with Gasteiger partial charge < -0.3 is 14.8 Å². The first-order chi connectivity index (χ1) is 12.0. The number of benzene rings is 1. The van der Waals surface area contributed by atoms with E-state index < -0.39 is 0 Å². The van der Waals surface area contributed by atoms with E-state index in [2.05, 4.69) is 23.7 Å². The Hall–Kier alpha value is -2.05. The van der Waals surface area contributed by atoms with Crippen molar-refractivity contribution in [2.24, 2.45) is 0 Å². The number of nitrogens with one attached hydrogen (secondary N) is 1. The van der Waals surface area contributed by atoms with E-state index in [0.717, 1.165) is 17.1 Å². The number of likely N-dealkylation sites (N-methyl/N-ethyl adjacent to an activating group) is 1. The van der Waals surface area contributed by atoms with Crippen LogP contribution >= 0.6 is 11.3 Å². The molecule has 2 atom stereocenters. The summed E-state index contributed by atoms with van der Waals surface area (Å²) in [5, 5.41) is 5.09. The molecule has 2 aromatic rings. The van der Waals surface area contributed by atoms with E-state index in [9.17, 15) is 4.79 Å². The lowest BCUT2D eigenvalue weighted by Crippen LogP contribution is -2.37. The van der Waals surface area contributed by atoms with Gasteiger partial charge in [-0.05, 0) is 50.5 Å². The van der Waals surface area contributed by atoms with E-state index in [0.29, 0.717) is 6.54 Å². The van der Waals surface area contributed by atoms with E-state index in [1.54, 1.807) is 25.6 Å². The van der Waals surface area contributed by atoms with Gasteiger partial charge in [0.05, 0.1) is 26.8 Å².